The summed E-state index contributed by atoms with van der Waals surface area (Å²) in [5.41, 5.74) is 4.29. The van der Waals surface area contributed by atoms with Gasteiger partial charge >= 0.3 is 0 Å². The number of anilines is 1. The Kier molecular flexibility index (Phi) is 4.11. The fourth-order valence-electron chi connectivity index (χ4n) is 2.73. The standard InChI is InChI=1S/C17H18N4/c18-12-15-11-14-3-1-2-4-16(14)21-17(15)20-10-7-13-5-8-19-9-6-13/h5-6,8-9,11H,1-4,7,10H2,(H,20,21). The summed E-state index contributed by atoms with van der Waals surface area (Å²) in [4.78, 5) is 8.68. The van der Waals surface area contributed by atoms with Crippen LogP contribution >= 0.6 is 0 Å². The molecular weight excluding hydrogens is 260 g/mol. The number of aryl methyl sites for hydroxylation is 2. The molecule has 0 aromatic carbocycles. The van der Waals surface area contributed by atoms with Crippen LogP contribution in [0, 0.1) is 11.3 Å². The molecule has 106 valence electrons. The zero-order valence-electron chi connectivity index (χ0n) is 12.0. The fraction of sp³-hybridized carbons (Fsp3) is 0.353. The molecule has 21 heavy (non-hydrogen) atoms. The molecule has 2 aromatic heterocycles. The molecule has 0 fully saturated rings. The molecule has 0 bridgehead atoms. The summed E-state index contributed by atoms with van der Waals surface area (Å²) in [5, 5.41) is 12.6. The van der Waals surface area contributed by atoms with Crippen molar-refractivity contribution in [3.63, 3.8) is 0 Å². The molecular formula is C17H18N4. The van der Waals surface area contributed by atoms with E-state index in [0.717, 1.165) is 37.3 Å². The van der Waals surface area contributed by atoms with Gasteiger partial charge in [0.05, 0.1) is 5.56 Å². The highest BCUT2D eigenvalue weighted by Gasteiger charge is 2.14. The molecule has 1 aliphatic carbocycles. The maximum Gasteiger partial charge on any atom is 0.144 e. The Morgan fingerprint density at radius 1 is 1.19 bits per heavy atom. The molecule has 3 rings (SSSR count). The molecule has 0 atom stereocenters. The number of pyridine rings is 2. The normalized spacial score (nSPS) is 13.3. The Bertz CT molecular complexity index is 658. The third-order valence-electron chi connectivity index (χ3n) is 3.88. The average molecular weight is 278 g/mol. The number of nitrogens with one attached hydrogen (secondary N) is 1. The van der Waals surface area contributed by atoms with E-state index in [2.05, 4.69) is 21.4 Å². The lowest BCUT2D eigenvalue weighted by atomic mass is 9.95. The molecule has 0 amide bonds. The van der Waals surface area contributed by atoms with Crippen molar-refractivity contribution in [3.05, 3.63) is 53.0 Å². The third kappa shape index (κ3) is 3.19. The summed E-state index contributed by atoms with van der Waals surface area (Å²) in [6.07, 6.45) is 8.97. The van der Waals surface area contributed by atoms with Crippen LogP contribution < -0.4 is 5.32 Å². The van der Waals surface area contributed by atoms with Crippen molar-refractivity contribution in [2.45, 2.75) is 32.1 Å². The molecule has 4 nitrogen and oxygen atoms in total. The second-order valence-electron chi connectivity index (χ2n) is 5.34. The topological polar surface area (TPSA) is 61.6 Å². The van der Waals surface area contributed by atoms with Crippen molar-refractivity contribution in [3.8, 4) is 6.07 Å². The lowest BCUT2D eigenvalue weighted by Gasteiger charge is -2.17. The molecule has 4 heteroatoms. The summed E-state index contributed by atoms with van der Waals surface area (Å²) in [5.74, 6) is 0.729. The van der Waals surface area contributed by atoms with Gasteiger partial charge in [-0.1, -0.05) is 0 Å². The summed E-state index contributed by atoms with van der Waals surface area (Å²) >= 11 is 0. The molecule has 0 saturated carbocycles. The Morgan fingerprint density at radius 2 is 2.00 bits per heavy atom. The number of rotatable bonds is 4. The van der Waals surface area contributed by atoms with Crippen LogP contribution in [0.4, 0.5) is 5.82 Å². The van der Waals surface area contributed by atoms with Crippen LogP contribution in [0.15, 0.2) is 30.6 Å². The van der Waals surface area contributed by atoms with Gasteiger partial charge in [-0.15, -0.1) is 0 Å². The Labute approximate surface area is 124 Å². The lowest BCUT2D eigenvalue weighted by molar-refractivity contribution is 0.668. The summed E-state index contributed by atoms with van der Waals surface area (Å²) in [6.45, 7) is 0.768. The fourth-order valence-corrected chi connectivity index (χ4v) is 2.73. The first kappa shape index (κ1) is 13.6. The second-order valence-corrected chi connectivity index (χ2v) is 5.34. The van der Waals surface area contributed by atoms with Crippen molar-refractivity contribution in [1.82, 2.24) is 9.97 Å². The van der Waals surface area contributed by atoms with Crippen LogP contribution in [-0.4, -0.2) is 16.5 Å². The molecule has 0 saturated heterocycles. The number of aromatic nitrogens is 2. The zero-order chi connectivity index (χ0) is 14.5. The first-order valence-corrected chi connectivity index (χ1v) is 7.42. The predicted molar refractivity (Wildman–Crippen MR) is 82.0 cm³/mol. The van der Waals surface area contributed by atoms with Gasteiger partial charge in [-0.2, -0.15) is 5.26 Å². The molecule has 2 heterocycles. The number of hydrogen-bond acceptors (Lipinski definition) is 4. The van der Waals surface area contributed by atoms with Gasteiger partial charge in [0.2, 0.25) is 0 Å². The van der Waals surface area contributed by atoms with Crippen LogP contribution in [-0.2, 0) is 19.3 Å². The Hall–Kier alpha value is -2.41. The summed E-state index contributed by atoms with van der Waals surface area (Å²) in [6, 6.07) is 8.28. The molecule has 2 aromatic rings. The smallest absolute Gasteiger partial charge is 0.144 e. The van der Waals surface area contributed by atoms with Gasteiger partial charge in [-0.25, -0.2) is 4.98 Å². The van der Waals surface area contributed by atoms with Crippen LogP contribution in [0.2, 0.25) is 0 Å². The van der Waals surface area contributed by atoms with E-state index in [1.807, 2.05) is 18.2 Å². The minimum Gasteiger partial charge on any atom is -0.369 e. The molecule has 1 aliphatic rings. The summed E-state index contributed by atoms with van der Waals surface area (Å²) in [7, 11) is 0. The largest absolute Gasteiger partial charge is 0.369 e. The predicted octanol–water partition coefficient (Wildman–Crippen LogP) is 2.88. The van der Waals surface area contributed by atoms with Crippen molar-refractivity contribution in [1.29, 1.82) is 5.26 Å². The lowest BCUT2D eigenvalue weighted by Crippen LogP contribution is -2.12. The van der Waals surface area contributed by atoms with Crippen molar-refractivity contribution in [2.75, 3.05) is 11.9 Å². The maximum atomic E-state index is 9.30. The van der Waals surface area contributed by atoms with E-state index in [0.29, 0.717) is 5.56 Å². The highest BCUT2D eigenvalue weighted by molar-refractivity contribution is 5.54. The van der Waals surface area contributed by atoms with E-state index >= 15 is 0 Å². The van der Waals surface area contributed by atoms with Crippen LogP contribution in [0.25, 0.3) is 0 Å². The van der Waals surface area contributed by atoms with Gasteiger partial charge in [0.1, 0.15) is 11.9 Å². The monoisotopic (exact) mass is 278 g/mol. The minimum atomic E-state index is 0.658. The molecule has 0 aliphatic heterocycles. The minimum absolute atomic E-state index is 0.658. The van der Waals surface area contributed by atoms with Crippen LogP contribution in [0.1, 0.15) is 35.2 Å². The quantitative estimate of drug-likeness (QED) is 0.934. The number of hydrogen-bond donors (Lipinski definition) is 1. The average Bonchev–Trinajstić information content (AvgIpc) is 2.55. The van der Waals surface area contributed by atoms with E-state index in [4.69, 9.17) is 0 Å². The maximum absolute atomic E-state index is 9.30. The van der Waals surface area contributed by atoms with Gasteiger partial charge in [0.25, 0.3) is 0 Å². The van der Waals surface area contributed by atoms with Gasteiger partial charge in [-0.05, 0) is 61.4 Å². The molecule has 1 N–H and O–H groups in total. The first-order chi connectivity index (χ1) is 10.4. The SMILES string of the molecule is N#Cc1cc2c(nc1NCCc1ccncc1)CCCC2. The van der Waals surface area contributed by atoms with Crippen molar-refractivity contribution >= 4 is 5.82 Å². The molecule has 0 spiro atoms. The van der Waals surface area contributed by atoms with Gasteiger partial charge in [0, 0.05) is 24.6 Å². The Balaban J connectivity index is 1.71. The Morgan fingerprint density at radius 3 is 2.81 bits per heavy atom. The zero-order valence-corrected chi connectivity index (χ0v) is 12.0. The van der Waals surface area contributed by atoms with Crippen molar-refractivity contribution < 1.29 is 0 Å². The molecule has 0 radical (unpaired) electrons. The van der Waals surface area contributed by atoms with Gasteiger partial charge in [0.15, 0.2) is 0 Å². The van der Waals surface area contributed by atoms with E-state index in [1.165, 1.54) is 24.0 Å². The third-order valence-corrected chi connectivity index (χ3v) is 3.88. The van der Waals surface area contributed by atoms with Gasteiger partial charge in [-0.3, -0.25) is 4.98 Å². The van der Waals surface area contributed by atoms with Crippen LogP contribution in [0.3, 0.4) is 0 Å². The van der Waals surface area contributed by atoms with Gasteiger partial charge < -0.3 is 5.32 Å². The first-order valence-electron chi connectivity index (χ1n) is 7.42. The van der Waals surface area contributed by atoms with Crippen LogP contribution in [0.5, 0.6) is 0 Å². The van der Waals surface area contributed by atoms with E-state index in [9.17, 15) is 5.26 Å². The highest BCUT2D eigenvalue weighted by Crippen LogP contribution is 2.24. The molecule has 0 unspecified atom stereocenters. The highest BCUT2D eigenvalue weighted by atomic mass is 15.0. The summed E-state index contributed by atoms with van der Waals surface area (Å²) < 4.78 is 0. The van der Waals surface area contributed by atoms with E-state index in [1.54, 1.807) is 12.4 Å². The number of fused-ring (bicyclic) bond motifs is 1. The van der Waals surface area contributed by atoms with E-state index < -0.39 is 0 Å². The number of nitriles is 1. The van der Waals surface area contributed by atoms with Crippen molar-refractivity contribution in [2.24, 2.45) is 0 Å². The van der Waals surface area contributed by atoms with E-state index in [-0.39, 0.29) is 0 Å². The number of nitrogens with zero attached hydrogens (tertiary/aromatic N) is 3. The second kappa shape index (κ2) is 6.36.